The summed E-state index contributed by atoms with van der Waals surface area (Å²) in [6.45, 7) is 4.94. The van der Waals surface area contributed by atoms with Crippen LogP contribution in [0.15, 0.2) is 53.0 Å². The van der Waals surface area contributed by atoms with Gasteiger partial charge < -0.3 is 15.1 Å². The Balaban J connectivity index is 1.45. The highest BCUT2D eigenvalue weighted by molar-refractivity contribution is 9.10. The van der Waals surface area contributed by atoms with E-state index >= 15 is 0 Å². The molecule has 0 bridgehead atoms. The van der Waals surface area contributed by atoms with Gasteiger partial charge in [0.1, 0.15) is 13.1 Å². The molecule has 0 aromatic heterocycles. The second-order valence-electron chi connectivity index (χ2n) is 7.32. The molecule has 1 heterocycles. The van der Waals surface area contributed by atoms with Crippen LogP contribution in [-0.4, -0.2) is 32.6 Å². The summed E-state index contributed by atoms with van der Waals surface area (Å²) in [4.78, 5) is 15.1. The lowest BCUT2D eigenvalue weighted by atomic mass is 10.2. The number of amides is 1. The molecule has 3 rings (SSSR count). The number of likely N-dealkylation sites (tertiary alicyclic amines) is 1. The topological polar surface area (TPSA) is 38.0 Å². The van der Waals surface area contributed by atoms with E-state index in [1.54, 1.807) is 4.90 Å². The number of quaternary nitrogens is 2. The van der Waals surface area contributed by atoms with E-state index in [-0.39, 0.29) is 5.91 Å². The van der Waals surface area contributed by atoms with Gasteiger partial charge in [0.2, 0.25) is 0 Å². The average molecular weight is 418 g/mol. The predicted molar refractivity (Wildman–Crippen MR) is 108 cm³/mol. The molecule has 3 N–H and O–H groups in total. The van der Waals surface area contributed by atoms with E-state index in [4.69, 9.17) is 0 Å². The molecular weight excluding hydrogens is 390 g/mol. The number of hydrogen-bond acceptors (Lipinski definition) is 1. The molecular formula is C21H28BrN3O+2. The SMILES string of the molecule is C[NH+](CC(=O)Nc1ccc(C[NH+]2CCCC2)cc1)Cc1ccc(Br)cc1. The van der Waals surface area contributed by atoms with Gasteiger partial charge in [-0.1, -0.05) is 40.2 Å². The number of anilines is 1. The quantitative estimate of drug-likeness (QED) is 0.623. The van der Waals surface area contributed by atoms with E-state index in [9.17, 15) is 4.79 Å². The Morgan fingerprint density at radius 1 is 1.04 bits per heavy atom. The van der Waals surface area contributed by atoms with Crippen molar-refractivity contribution in [3.05, 3.63) is 64.1 Å². The van der Waals surface area contributed by atoms with Gasteiger partial charge in [-0.3, -0.25) is 4.79 Å². The van der Waals surface area contributed by atoms with Crippen molar-refractivity contribution < 1.29 is 14.6 Å². The van der Waals surface area contributed by atoms with Crippen LogP contribution < -0.4 is 15.1 Å². The Labute approximate surface area is 164 Å². The van der Waals surface area contributed by atoms with Crippen LogP contribution >= 0.6 is 15.9 Å². The molecule has 0 radical (unpaired) electrons. The van der Waals surface area contributed by atoms with Crippen molar-refractivity contribution in [1.29, 1.82) is 0 Å². The van der Waals surface area contributed by atoms with Gasteiger partial charge >= 0.3 is 0 Å². The standard InChI is InChI=1S/C21H26BrN3O/c1-24(14-17-4-8-19(22)9-5-17)16-21(26)23-20-10-6-18(7-11-20)15-25-12-2-3-13-25/h4-11H,2-3,12-16H2,1H3,(H,23,26)/p+2. The smallest absolute Gasteiger partial charge is 0.279 e. The first-order chi connectivity index (χ1) is 12.6. The Hall–Kier alpha value is -1.69. The summed E-state index contributed by atoms with van der Waals surface area (Å²) in [7, 11) is 2.05. The van der Waals surface area contributed by atoms with Crippen molar-refractivity contribution in [2.45, 2.75) is 25.9 Å². The number of benzene rings is 2. The normalized spacial score (nSPS) is 15.8. The molecule has 1 saturated heterocycles. The van der Waals surface area contributed by atoms with E-state index in [0.29, 0.717) is 6.54 Å². The third-order valence-corrected chi connectivity index (χ3v) is 5.41. The van der Waals surface area contributed by atoms with Gasteiger partial charge in [0.05, 0.1) is 20.1 Å². The summed E-state index contributed by atoms with van der Waals surface area (Å²) < 4.78 is 1.08. The third-order valence-electron chi connectivity index (χ3n) is 4.88. The first-order valence-corrected chi connectivity index (χ1v) is 10.2. The highest BCUT2D eigenvalue weighted by Gasteiger charge is 2.15. The minimum Gasteiger partial charge on any atom is -0.331 e. The summed E-state index contributed by atoms with van der Waals surface area (Å²) in [6, 6.07) is 16.6. The number of hydrogen-bond donors (Lipinski definition) is 3. The highest BCUT2D eigenvalue weighted by atomic mass is 79.9. The van der Waals surface area contributed by atoms with Crippen LogP contribution in [0.1, 0.15) is 24.0 Å². The molecule has 2 aromatic rings. The van der Waals surface area contributed by atoms with E-state index in [1.165, 1.54) is 42.0 Å². The molecule has 1 unspecified atom stereocenters. The van der Waals surface area contributed by atoms with E-state index in [2.05, 4.69) is 45.5 Å². The molecule has 1 amide bonds. The second-order valence-corrected chi connectivity index (χ2v) is 8.23. The Morgan fingerprint density at radius 2 is 1.65 bits per heavy atom. The van der Waals surface area contributed by atoms with Crippen molar-refractivity contribution in [3.63, 3.8) is 0 Å². The van der Waals surface area contributed by atoms with Crippen molar-refractivity contribution in [3.8, 4) is 0 Å². The number of halogens is 1. The molecule has 1 atom stereocenters. The summed E-state index contributed by atoms with van der Waals surface area (Å²) in [5, 5.41) is 3.01. The maximum absolute atomic E-state index is 12.3. The Morgan fingerprint density at radius 3 is 2.31 bits per heavy atom. The van der Waals surface area contributed by atoms with Crippen molar-refractivity contribution >= 4 is 27.5 Å². The van der Waals surface area contributed by atoms with Gasteiger partial charge in [0.25, 0.3) is 5.91 Å². The van der Waals surface area contributed by atoms with E-state index in [0.717, 1.165) is 23.2 Å². The van der Waals surface area contributed by atoms with Crippen molar-refractivity contribution in [1.82, 2.24) is 0 Å². The summed E-state index contributed by atoms with van der Waals surface area (Å²) >= 11 is 3.45. The molecule has 1 aliphatic heterocycles. The highest BCUT2D eigenvalue weighted by Crippen LogP contribution is 2.10. The number of nitrogens with one attached hydrogen (secondary N) is 3. The minimum absolute atomic E-state index is 0.0533. The summed E-state index contributed by atoms with van der Waals surface area (Å²) in [6.07, 6.45) is 2.69. The number of likely N-dealkylation sites (N-methyl/N-ethyl adjacent to an activating group) is 1. The zero-order chi connectivity index (χ0) is 18.4. The number of carbonyl (C=O) groups excluding carboxylic acids is 1. The largest absolute Gasteiger partial charge is 0.331 e. The lowest BCUT2D eigenvalue weighted by Gasteiger charge is -2.15. The lowest BCUT2D eigenvalue weighted by Crippen LogP contribution is -3.08. The molecule has 26 heavy (non-hydrogen) atoms. The first-order valence-electron chi connectivity index (χ1n) is 9.36. The fraction of sp³-hybridized carbons (Fsp3) is 0.381. The maximum Gasteiger partial charge on any atom is 0.279 e. The van der Waals surface area contributed by atoms with Crippen molar-refractivity contribution in [2.24, 2.45) is 0 Å². The van der Waals surface area contributed by atoms with Crippen LogP contribution in [0.3, 0.4) is 0 Å². The third kappa shape index (κ3) is 5.94. The molecule has 1 aliphatic rings. The van der Waals surface area contributed by atoms with Gasteiger partial charge in [-0.25, -0.2) is 0 Å². The fourth-order valence-electron chi connectivity index (χ4n) is 3.54. The van der Waals surface area contributed by atoms with Crippen LogP contribution in [0.5, 0.6) is 0 Å². The molecule has 0 aliphatic carbocycles. The second kappa shape index (κ2) is 9.31. The van der Waals surface area contributed by atoms with Crippen molar-refractivity contribution in [2.75, 3.05) is 32.0 Å². The first kappa shape index (κ1) is 19.1. The van der Waals surface area contributed by atoms with Gasteiger partial charge in [0.15, 0.2) is 6.54 Å². The van der Waals surface area contributed by atoms with Gasteiger partial charge in [-0.2, -0.15) is 0 Å². The Bertz CT molecular complexity index is 709. The van der Waals surface area contributed by atoms with Gasteiger partial charge in [-0.05, 0) is 24.3 Å². The van der Waals surface area contributed by atoms with Gasteiger partial charge in [0, 0.05) is 34.1 Å². The molecule has 5 heteroatoms. The van der Waals surface area contributed by atoms with E-state index in [1.807, 2.05) is 31.3 Å². The van der Waals surface area contributed by atoms with Crippen LogP contribution in [0.25, 0.3) is 0 Å². The van der Waals surface area contributed by atoms with Crippen LogP contribution in [0, 0.1) is 0 Å². The lowest BCUT2D eigenvalue weighted by molar-refractivity contribution is -0.901. The zero-order valence-electron chi connectivity index (χ0n) is 15.4. The average Bonchev–Trinajstić information content (AvgIpc) is 3.11. The zero-order valence-corrected chi connectivity index (χ0v) is 16.9. The molecule has 2 aromatic carbocycles. The summed E-state index contributed by atoms with van der Waals surface area (Å²) in [5.41, 5.74) is 3.46. The van der Waals surface area contributed by atoms with Crippen LogP contribution in [0.2, 0.25) is 0 Å². The summed E-state index contributed by atoms with van der Waals surface area (Å²) in [5.74, 6) is 0.0533. The molecule has 1 fully saturated rings. The molecule has 138 valence electrons. The van der Waals surface area contributed by atoms with E-state index < -0.39 is 0 Å². The van der Waals surface area contributed by atoms with Crippen LogP contribution in [0.4, 0.5) is 5.69 Å². The molecule has 0 spiro atoms. The molecule has 4 nitrogen and oxygen atoms in total. The number of carbonyl (C=O) groups is 1. The predicted octanol–water partition coefficient (Wildman–Crippen LogP) is 1.28. The Kier molecular flexibility index (Phi) is 6.83. The fourth-order valence-corrected chi connectivity index (χ4v) is 3.80. The monoisotopic (exact) mass is 417 g/mol. The minimum atomic E-state index is 0.0533. The molecule has 0 saturated carbocycles. The van der Waals surface area contributed by atoms with Gasteiger partial charge in [-0.15, -0.1) is 0 Å². The number of rotatable bonds is 7. The maximum atomic E-state index is 12.3. The van der Waals surface area contributed by atoms with Crippen LogP contribution in [-0.2, 0) is 17.9 Å².